The van der Waals surface area contributed by atoms with E-state index in [4.69, 9.17) is 4.74 Å². The van der Waals surface area contributed by atoms with Crippen LogP contribution in [-0.2, 0) is 9.53 Å². The maximum Gasteiger partial charge on any atom is 0.309 e. The lowest BCUT2D eigenvalue weighted by atomic mass is 9.69. The van der Waals surface area contributed by atoms with Crippen LogP contribution in [0.25, 0.3) is 0 Å². The van der Waals surface area contributed by atoms with Crippen LogP contribution in [0.15, 0.2) is 0 Å². The van der Waals surface area contributed by atoms with Gasteiger partial charge >= 0.3 is 5.97 Å². The Morgan fingerprint density at radius 3 is 1.96 bits per heavy atom. The Labute approximate surface area is 161 Å². The van der Waals surface area contributed by atoms with Gasteiger partial charge in [0.2, 0.25) is 0 Å². The van der Waals surface area contributed by atoms with Crippen LogP contribution < -0.4 is 0 Å². The first-order chi connectivity index (χ1) is 12.7. The minimum absolute atomic E-state index is 0.137. The van der Waals surface area contributed by atoms with Crippen LogP contribution in [0.1, 0.15) is 110 Å². The zero-order valence-corrected chi connectivity index (χ0v) is 17.4. The van der Waals surface area contributed by atoms with E-state index in [9.17, 15) is 4.79 Å². The maximum atomic E-state index is 12.6. The largest absolute Gasteiger partial charge is 0.462 e. The van der Waals surface area contributed by atoms with Crippen molar-refractivity contribution in [2.45, 2.75) is 116 Å². The Balaban J connectivity index is 1.34. The number of esters is 1. The molecule has 3 aliphatic carbocycles. The van der Waals surface area contributed by atoms with Gasteiger partial charge in [0.05, 0.1) is 5.92 Å². The second-order valence-electron chi connectivity index (χ2n) is 9.85. The highest BCUT2D eigenvalue weighted by molar-refractivity contribution is 5.72. The van der Waals surface area contributed by atoms with Gasteiger partial charge in [-0.3, -0.25) is 4.79 Å². The van der Waals surface area contributed by atoms with E-state index in [0.717, 1.165) is 49.4 Å². The molecule has 0 unspecified atom stereocenters. The first kappa shape index (κ1) is 20.2. The van der Waals surface area contributed by atoms with Gasteiger partial charge in [0.15, 0.2) is 0 Å². The van der Waals surface area contributed by atoms with E-state index in [-0.39, 0.29) is 18.0 Å². The molecular weight excluding hydrogens is 320 g/mol. The molecule has 150 valence electrons. The van der Waals surface area contributed by atoms with Crippen molar-refractivity contribution >= 4 is 5.97 Å². The van der Waals surface area contributed by atoms with E-state index < -0.39 is 0 Å². The van der Waals surface area contributed by atoms with Crippen molar-refractivity contribution in [3.05, 3.63) is 0 Å². The van der Waals surface area contributed by atoms with Gasteiger partial charge in [0, 0.05) is 0 Å². The van der Waals surface area contributed by atoms with Crippen LogP contribution in [0.2, 0.25) is 0 Å². The third kappa shape index (κ3) is 5.73. The Kier molecular flexibility index (Phi) is 7.88. The molecule has 2 nitrogen and oxygen atoms in total. The first-order valence-corrected chi connectivity index (χ1v) is 11.9. The molecule has 0 aromatic heterocycles. The third-order valence-corrected chi connectivity index (χ3v) is 7.87. The van der Waals surface area contributed by atoms with Crippen LogP contribution in [-0.4, -0.2) is 12.1 Å². The lowest BCUT2D eigenvalue weighted by molar-refractivity contribution is -0.157. The Morgan fingerprint density at radius 1 is 0.808 bits per heavy atom. The summed E-state index contributed by atoms with van der Waals surface area (Å²) in [6.45, 7) is 4.68. The van der Waals surface area contributed by atoms with Crippen molar-refractivity contribution in [1.29, 1.82) is 0 Å². The predicted molar refractivity (Wildman–Crippen MR) is 108 cm³/mol. The molecule has 0 heterocycles. The molecule has 0 N–H and O–H groups in total. The monoisotopic (exact) mass is 362 g/mol. The summed E-state index contributed by atoms with van der Waals surface area (Å²) in [4.78, 5) is 12.6. The minimum atomic E-state index is 0.137. The van der Waals surface area contributed by atoms with E-state index in [2.05, 4.69) is 13.8 Å². The first-order valence-electron chi connectivity index (χ1n) is 11.9. The van der Waals surface area contributed by atoms with Crippen LogP contribution in [0, 0.1) is 29.6 Å². The number of unbranched alkanes of at least 4 members (excludes halogenated alkanes) is 1. The Hall–Kier alpha value is -0.530. The van der Waals surface area contributed by atoms with Crippen LogP contribution >= 0.6 is 0 Å². The number of carbonyl (C=O) groups excluding carboxylic acids is 1. The van der Waals surface area contributed by atoms with Crippen LogP contribution in [0.4, 0.5) is 0 Å². The smallest absolute Gasteiger partial charge is 0.309 e. The summed E-state index contributed by atoms with van der Waals surface area (Å²) in [5.41, 5.74) is 0. The highest BCUT2D eigenvalue weighted by atomic mass is 16.5. The molecule has 0 bridgehead atoms. The molecule has 0 radical (unpaired) electrons. The minimum Gasteiger partial charge on any atom is -0.462 e. The Morgan fingerprint density at radius 2 is 1.38 bits per heavy atom. The molecular formula is C24H42O2. The van der Waals surface area contributed by atoms with Crippen LogP contribution in [0.3, 0.4) is 0 Å². The summed E-state index contributed by atoms with van der Waals surface area (Å²) >= 11 is 0. The highest BCUT2D eigenvalue weighted by Gasteiger charge is 2.34. The number of hydrogen-bond acceptors (Lipinski definition) is 2. The summed E-state index contributed by atoms with van der Waals surface area (Å²) in [5.74, 6) is 4.00. The van der Waals surface area contributed by atoms with E-state index >= 15 is 0 Å². The van der Waals surface area contributed by atoms with E-state index in [1.807, 2.05) is 0 Å². The number of rotatable bonds is 6. The fourth-order valence-corrected chi connectivity index (χ4v) is 5.88. The summed E-state index contributed by atoms with van der Waals surface area (Å²) in [7, 11) is 0. The SMILES string of the molecule is CCCCC1CCC(OC(=O)C2CCC(C3CCC(C)CC3)CC2)CC1. The van der Waals surface area contributed by atoms with Gasteiger partial charge in [-0.15, -0.1) is 0 Å². The molecule has 0 aromatic rings. The number of carbonyl (C=O) groups is 1. The summed E-state index contributed by atoms with van der Waals surface area (Å²) < 4.78 is 5.94. The molecule has 0 aliphatic heterocycles. The Bertz CT molecular complexity index is 408. The topological polar surface area (TPSA) is 26.3 Å². The molecule has 0 spiro atoms. The molecule has 3 aliphatic rings. The average Bonchev–Trinajstić information content (AvgIpc) is 2.68. The molecule has 0 aromatic carbocycles. The average molecular weight is 363 g/mol. The normalized spacial score (nSPS) is 38.7. The number of ether oxygens (including phenoxy) is 1. The van der Waals surface area contributed by atoms with Gasteiger partial charge in [-0.1, -0.05) is 46.0 Å². The quantitative estimate of drug-likeness (QED) is 0.480. The molecule has 2 heteroatoms. The van der Waals surface area contributed by atoms with Crippen molar-refractivity contribution in [2.75, 3.05) is 0 Å². The van der Waals surface area contributed by atoms with Gasteiger partial charge in [-0.25, -0.2) is 0 Å². The predicted octanol–water partition coefficient (Wildman–Crippen LogP) is 6.91. The number of hydrogen-bond donors (Lipinski definition) is 0. The van der Waals surface area contributed by atoms with E-state index in [0.29, 0.717) is 0 Å². The lowest BCUT2D eigenvalue weighted by Gasteiger charge is -2.37. The zero-order valence-electron chi connectivity index (χ0n) is 17.4. The standard InChI is InChI=1S/C24H42O2/c1-3-4-5-19-8-16-23(17-9-19)26-24(25)22-14-12-21(13-15-22)20-10-6-18(2)7-11-20/h18-23H,3-17H2,1-2H3. The fraction of sp³-hybridized carbons (Fsp3) is 0.958. The van der Waals surface area contributed by atoms with Crippen molar-refractivity contribution < 1.29 is 9.53 Å². The van der Waals surface area contributed by atoms with Gasteiger partial charge < -0.3 is 4.74 Å². The van der Waals surface area contributed by atoms with E-state index in [1.165, 1.54) is 70.6 Å². The van der Waals surface area contributed by atoms with Gasteiger partial charge in [-0.2, -0.15) is 0 Å². The molecule has 0 atom stereocenters. The van der Waals surface area contributed by atoms with E-state index in [1.54, 1.807) is 0 Å². The summed E-state index contributed by atoms with van der Waals surface area (Å²) in [6.07, 6.45) is 19.4. The van der Waals surface area contributed by atoms with Gasteiger partial charge in [0.1, 0.15) is 6.10 Å². The van der Waals surface area contributed by atoms with Gasteiger partial charge in [0.25, 0.3) is 0 Å². The molecule has 0 amide bonds. The third-order valence-electron chi connectivity index (χ3n) is 7.87. The fourth-order valence-electron chi connectivity index (χ4n) is 5.88. The van der Waals surface area contributed by atoms with Crippen molar-refractivity contribution in [3.63, 3.8) is 0 Å². The summed E-state index contributed by atoms with van der Waals surface area (Å²) in [5, 5.41) is 0. The van der Waals surface area contributed by atoms with Crippen LogP contribution in [0.5, 0.6) is 0 Å². The van der Waals surface area contributed by atoms with Crippen molar-refractivity contribution in [2.24, 2.45) is 29.6 Å². The van der Waals surface area contributed by atoms with Crippen molar-refractivity contribution in [3.8, 4) is 0 Å². The summed E-state index contributed by atoms with van der Waals surface area (Å²) in [6, 6.07) is 0. The lowest BCUT2D eigenvalue weighted by Crippen LogP contribution is -2.32. The zero-order chi connectivity index (χ0) is 18.4. The molecule has 3 rings (SSSR count). The molecule has 0 saturated heterocycles. The molecule has 26 heavy (non-hydrogen) atoms. The highest BCUT2D eigenvalue weighted by Crippen LogP contribution is 2.41. The van der Waals surface area contributed by atoms with Gasteiger partial charge in [-0.05, 0) is 87.9 Å². The second-order valence-corrected chi connectivity index (χ2v) is 9.85. The second kappa shape index (κ2) is 10.1. The maximum absolute atomic E-state index is 12.6. The molecule has 3 saturated carbocycles. The molecule has 3 fully saturated rings. The van der Waals surface area contributed by atoms with Crippen molar-refractivity contribution in [1.82, 2.24) is 0 Å².